The Morgan fingerprint density at radius 1 is 1.42 bits per heavy atom. The quantitative estimate of drug-likeness (QED) is 0.361. The van der Waals surface area contributed by atoms with Crippen molar-refractivity contribution in [1.29, 1.82) is 0 Å². The predicted molar refractivity (Wildman–Crippen MR) is 45.5 cm³/mol. The van der Waals surface area contributed by atoms with Gasteiger partial charge < -0.3 is 4.74 Å². The van der Waals surface area contributed by atoms with E-state index in [4.69, 9.17) is 0 Å². The lowest BCUT2D eigenvalue weighted by atomic mass is 9.92. The van der Waals surface area contributed by atoms with Gasteiger partial charge in [-0.1, -0.05) is 19.9 Å². The molecule has 0 amide bonds. The molecule has 3 heteroatoms. The number of carbonyl (C=O) groups is 2. The molecule has 0 bridgehead atoms. The second-order valence-corrected chi connectivity index (χ2v) is 2.74. The molecule has 0 radical (unpaired) electrons. The average molecular weight is 170 g/mol. The molecule has 12 heavy (non-hydrogen) atoms. The number of ether oxygens (including phenoxy) is 1. The van der Waals surface area contributed by atoms with Crippen LogP contribution in [0.2, 0.25) is 0 Å². The summed E-state index contributed by atoms with van der Waals surface area (Å²) in [7, 11) is 1.20. The van der Waals surface area contributed by atoms with E-state index in [0.717, 1.165) is 0 Å². The van der Waals surface area contributed by atoms with Gasteiger partial charge in [0.2, 0.25) is 5.78 Å². The lowest BCUT2D eigenvalue weighted by Crippen LogP contribution is -2.26. The molecule has 0 saturated heterocycles. The summed E-state index contributed by atoms with van der Waals surface area (Å²) in [6, 6.07) is 0. The van der Waals surface area contributed by atoms with Crippen LogP contribution in [0.4, 0.5) is 0 Å². The zero-order valence-corrected chi connectivity index (χ0v) is 7.66. The summed E-state index contributed by atoms with van der Waals surface area (Å²) in [6.45, 7) is 7.06. The molecule has 0 rings (SSSR count). The van der Waals surface area contributed by atoms with E-state index in [2.05, 4.69) is 11.3 Å². The van der Waals surface area contributed by atoms with Gasteiger partial charge in [-0.3, -0.25) is 4.79 Å². The van der Waals surface area contributed by atoms with Crippen LogP contribution in [0.1, 0.15) is 13.8 Å². The van der Waals surface area contributed by atoms with Crippen molar-refractivity contribution < 1.29 is 14.3 Å². The molecule has 0 heterocycles. The van der Waals surface area contributed by atoms with Gasteiger partial charge in [0, 0.05) is 5.92 Å². The molecule has 68 valence electrons. The van der Waals surface area contributed by atoms with Crippen molar-refractivity contribution in [1.82, 2.24) is 0 Å². The Balaban J connectivity index is 4.28. The summed E-state index contributed by atoms with van der Waals surface area (Å²) in [4.78, 5) is 21.9. The maximum Gasteiger partial charge on any atom is 0.374 e. The van der Waals surface area contributed by atoms with Gasteiger partial charge >= 0.3 is 5.97 Å². The number of hydrogen-bond acceptors (Lipinski definition) is 3. The Morgan fingerprint density at radius 2 is 1.92 bits per heavy atom. The van der Waals surface area contributed by atoms with Gasteiger partial charge in [0.25, 0.3) is 0 Å². The summed E-state index contributed by atoms with van der Waals surface area (Å²) in [6.07, 6.45) is 1.64. The Bertz CT molecular complexity index is 196. The predicted octanol–water partition coefficient (Wildman–Crippen LogP) is 1.19. The van der Waals surface area contributed by atoms with E-state index in [0.29, 0.717) is 0 Å². The standard InChI is InChI=1S/C9H14O3/c1-5-6(2)7(3)8(10)9(11)12-4/h5-7H,1H2,2-4H3/t6-,7-/m0/s1. The second-order valence-electron chi connectivity index (χ2n) is 2.74. The first kappa shape index (κ1) is 10.9. The molecule has 0 aromatic rings. The van der Waals surface area contributed by atoms with Crippen LogP contribution in [0.5, 0.6) is 0 Å². The van der Waals surface area contributed by atoms with Crippen LogP contribution in [-0.4, -0.2) is 18.9 Å². The van der Waals surface area contributed by atoms with E-state index >= 15 is 0 Å². The van der Waals surface area contributed by atoms with Crippen LogP contribution in [0, 0.1) is 11.8 Å². The number of carbonyl (C=O) groups excluding carboxylic acids is 2. The van der Waals surface area contributed by atoms with E-state index in [-0.39, 0.29) is 11.8 Å². The first-order valence-corrected chi connectivity index (χ1v) is 3.79. The minimum Gasteiger partial charge on any atom is -0.463 e. The van der Waals surface area contributed by atoms with Crippen molar-refractivity contribution in [2.75, 3.05) is 7.11 Å². The van der Waals surface area contributed by atoms with Crippen molar-refractivity contribution >= 4 is 11.8 Å². The van der Waals surface area contributed by atoms with Crippen LogP contribution in [0.25, 0.3) is 0 Å². The number of methoxy groups -OCH3 is 1. The molecule has 0 fully saturated rings. The molecule has 0 aliphatic rings. The van der Waals surface area contributed by atoms with Gasteiger partial charge in [-0.25, -0.2) is 4.79 Å². The molecule has 0 aliphatic carbocycles. The highest BCUT2D eigenvalue weighted by atomic mass is 16.5. The maximum atomic E-state index is 11.2. The Labute approximate surface area is 72.4 Å². The number of rotatable bonds is 4. The van der Waals surface area contributed by atoms with E-state index in [1.54, 1.807) is 13.0 Å². The SMILES string of the molecule is C=C[C@H](C)[C@H](C)C(=O)C(=O)OC. The highest BCUT2D eigenvalue weighted by Gasteiger charge is 2.24. The first-order valence-electron chi connectivity index (χ1n) is 3.79. The van der Waals surface area contributed by atoms with Crippen molar-refractivity contribution in [2.24, 2.45) is 11.8 Å². The molecule has 2 atom stereocenters. The van der Waals surface area contributed by atoms with Gasteiger partial charge in [0.1, 0.15) is 0 Å². The number of hydrogen-bond donors (Lipinski definition) is 0. The Hall–Kier alpha value is -1.12. The van der Waals surface area contributed by atoms with E-state index in [1.807, 2.05) is 6.92 Å². The normalized spacial score (nSPS) is 14.6. The van der Waals surface area contributed by atoms with Gasteiger partial charge in [-0.15, -0.1) is 6.58 Å². The highest BCUT2D eigenvalue weighted by Crippen LogP contribution is 2.13. The third-order valence-electron chi connectivity index (χ3n) is 1.96. The minimum absolute atomic E-state index is 0.00315. The van der Waals surface area contributed by atoms with Gasteiger partial charge in [0.05, 0.1) is 7.11 Å². The van der Waals surface area contributed by atoms with Crippen LogP contribution in [0.15, 0.2) is 12.7 Å². The van der Waals surface area contributed by atoms with Crippen molar-refractivity contribution in [3.63, 3.8) is 0 Å². The lowest BCUT2D eigenvalue weighted by molar-refractivity contribution is -0.153. The van der Waals surface area contributed by atoms with Crippen LogP contribution in [-0.2, 0) is 14.3 Å². The average Bonchev–Trinajstić information content (AvgIpc) is 2.12. The fraction of sp³-hybridized carbons (Fsp3) is 0.556. The van der Waals surface area contributed by atoms with Crippen molar-refractivity contribution in [3.05, 3.63) is 12.7 Å². The molecule has 0 aliphatic heterocycles. The maximum absolute atomic E-state index is 11.2. The van der Waals surface area contributed by atoms with E-state index < -0.39 is 11.8 Å². The number of ketones is 1. The fourth-order valence-corrected chi connectivity index (χ4v) is 0.729. The molecule has 0 unspecified atom stereocenters. The summed E-state index contributed by atoms with van der Waals surface area (Å²) < 4.78 is 4.31. The third kappa shape index (κ3) is 2.49. The molecule has 0 aromatic carbocycles. The summed E-state index contributed by atoms with van der Waals surface area (Å²) in [5.74, 6) is -1.63. The Morgan fingerprint density at radius 3 is 2.25 bits per heavy atom. The summed E-state index contributed by atoms with van der Waals surface area (Å²) >= 11 is 0. The smallest absolute Gasteiger partial charge is 0.374 e. The molecular formula is C9H14O3. The van der Waals surface area contributed by atoms with Crippen LogP contribution >= 0.6 is 0 Å². The van der Waals surface area contributed by atoms with Crippen molar-refractivity contribution in [3.8, 4) is 0 Å². The van der Waals surface area contributed by atoms with Crippen LogP contribution < -0.4 is 0 Å². The topological polar surface area (TPSA) is 43.4 Å². The molecule has 0 saturated carbocycles. The summed E-state index contributed by atoms with van der Waals surface area (Å²) in [5.41, 5.74) is 0. The number of allylic oxidation sites excluding steroid dienone is 1. The molecule has 0 N–H and O–H groups in total. The van der Waals surface area contributed by atoms with Gasteiger partial charge in [0.15, 0.2) is 0 Å². The fourth-order valence-electron chi connectivity index (χ4n) is 0.729. The van der Waals surface area contributed by atoms with Crippen LogP contribution in [0.3, 0.4) is 0 Å². The third-order valence-corrected chi connectivity index (χ3v) is 1.96. The largest absolute Gasteiger partial charge is 0.463 e. The van der Waals surface area contributed by atoms with Gasteiger partial charge in [-0.2, -0.15) is 0 Å². The zero-order valence-electron chi connectivity index (χ0n) is 7.66. The summed E-state index contributed by atoms with van der Waals surface area (Å²) in [5, 5.41) is 0. The monoisotopic (exact) mass is 170 g/mol. The minimum atomic E-state index is -0.781. The lowest BCUT2D eigenvalue weighted by Gasteiger charge is -2.12. The molecule has 3 nitrogen and oxygen atoms in total. The molecular weight excluding hydrogens is 156 g/mol. The molecule has 0 spiro atoms. The van der Waals surface area contributed by atoms with E-state index in [9.17, 15) is 9.59 Å². The second kappa shape index (κ2) is 4.70. The Kier molecular flexibility index (Phi) is 4.26. The van der Waals surface area contributed by atoms with Gasteiger partial charge in [-0.05, 0) is 5.92 Å². The van der Waals surface area contributed by atoms with E-state index in [1.165, 1.54) is 7.11 Å². The number of Topliss-reactive ketones (excluding diaryl/α,β-unsaturated/α-hetero) is 1. The van der Waals surface area contributed by atoms with Crippen molar-refractivity contribution in [2.45, 2.75) is 13.8 Å². The molecule has 0 aromatic heterocycles. The number of esters is 1. The first-order chi connectivity index (χ1) is 5.54. The zero-order chi connectivity index (χ0) is 9.72. The highest BCUT2D eigenvalue weighted by molar-refractivity contribution is 6.34.